The number of aryl methyl sites for hydroxylation is 2. The van der Waals surface area contributed by atoms with Crippen LogP contribution in [0.1, 0.15) is 28.8 Å². The molecule has 2 aromatic carbocycles. The minimum Gasteiger partial charge on any atom is -0.351 e. The number of fused-ring (bicyclic) bond motifs is 2. The fourth-order valence-electron chi connectivity index (χ4n) is 3.54. The summed E-state index contributed by atoms with van der Waals surface area (Å²) in [5, 5.41) is 11.2. The van der Waals surface area contributed by atoms with Gasteiger partial charge in [-0.3, -0.25) is 9.89 Å². The van der Waals surface area contributed by atoms with Gasteiger partial charge in [0.2, 0.25) is 5.91 Å². The zero-order valence-corrected chi connectivity index (χ0v) is 14.1. The van der Waals surface area contributed by atoms with Crippen molar-refractivity contribution in [2.24, 2.45) is 5.73 Å². The number of nitrogens with two attached hydrogens (primary N) is 1. The average Bonchev–Trinajstić information content (AvgIpc) is 3.26. The number of H-pyrrole nitrogens is 1. The van der Waals surface area contributed by atoms with Crippen molar-refractivity contribution < 1.29 is 4.79 Å². The Balaban J connectivity index is 1.37. The Morgan fingerprint density at radius 3 is 2.96 bits per heavy atom. The fourth-order valence-corrected chi connectivity index (χ4v) is 3.54. The van der Waals surface area contributed by atoms with Gasteiger partial charge in [0.25, 0.3) is 0 Å². The Hall–Kier alpha value is -2.66. The average molecular weight is 334 g/mol. The van der Waals surface area contributed by atoms with Crippen molar-refractivity contribution in [2.45, 2.75) is 38.3 Å². The molecule has 1 aliphatic carbocycles. The van der Waals surface area contributed by atoms with Gasteiger partial charge < -0.3 is 11.1 Å². The summed E-state index contributed by atoms with van der Waals surface area (Å²) >= 11 is 0. The number of amides is 1. The quantitative estimate of drug-likeness (QED) is 0.669. The largest absolute Gasteiger partial charge is 0.351 e. The van der Waals surface area contributed by atoms with E-state index in [0.717, 1.165) is 28.6 Å². The molecule has 1 aliphatic rings. The van der Waals surface area contributed by atoms with E-state index in [1.807, 2.05) is 24.3 Å². The van der Waals surface area contributed by atoms with Crippen molar-refractivity contribution in [2.75, 3.05) is 0 Å². The van der Waals surface area contributed by atoms with Crippen LogP contribution in [0.15, 0.2) is 42.5 Å². The van der Waals surface area contributed by atoms with E-state index in [9.17, 15) is 4.79 Å². The van der Waals surface area contributed by atoms with E-state index in [1.165, 1.54) is 24.0 Å². The van der Waals surface area contributed by atoms with Crippen LogP contribution in [0.4, 0.5) is 0 Å². The maximum Gasteiger partial charge on any atom is 0.237 e. The molecular weight excluding hydrogens is 312 g/mol. The van der Waals surface area contributed by atoms with E-state index in [0.29, 0.717) is 13.0 Å². The van der Waals surface area contributed by atoms with Crippen molar-refractivity contribution in [1.29, 1.82) is 0 Å². The van der Waals surface area contributed by atoms with Gasteiger partial charge in [-0.2, -0.15) is 5.10 Å². The minimum absolute atomic E-state index is 0.140. The molecule has 0 fully saturated rings. The molecule has 0 saturated heterocycles. The van der Waals surface area contributed by atoms with Crippen LogP contribution >= 0.6 is 0 Å². The molecule has 25 heavy (non-hydrogen) atoms. The molecule has 3 aromatic rings. The number of aromatic nitrogens is 2. The van der Waals surface area contributed by atoms with Crippen LogP contribution in [-0.4, -0.2) is 22.1 Å². The molecule has 4 N–H and O–H groups in total. The van der Waals surface area contributed by atoms with Crippen molar-refractivity contribution in [3.05, 3.63) is 64.8 Å². The predicted octanol–water partition coefficient (Wildman–Crippen LogP) is 2.24. The molecule has 1 aromatic heterocycles. The Labute approximate surface area is 146 Å². The number of carbonyl (C=O) groups is 1. The number of rotatable bonds is 5. The molecule has 0 aliphatic heterocycles. The number of nitrogens with one attached hydrogen (secondary N) is 2. The molecule has 1 unspecified atom stereocenters. The molecule has 0 radical (unpaired) electrons. The summed E-state index contributed by atoms with van der Waals surface area (Å²) in [4.78, 5) is 12.3. The third-order valence-electron chi connectivity index (χ3n) is 4.93. The Bertz CT molecular complexity index is 915. The van der Waals surface area contributed by atoms with E-state index in [4.69, 9.17) is 5.73 Å². The van der Waals surface area contributed by atoms with Crippen LogP contribution in [0.25, 0.3) is 10.9 Å². The second-order valence-electron chi connectivity index (χ2n) is 6.70. The zero-order valence-electron chi connectivity index (χ0n) is 14.1. The molecular formula is C20H22N4O. The molecule has 0 saturated carbocycles. The molecule has 4 rings (SSSR count). The molecule has 1 amide bonds. The van der Waals surface area contributed by atoms with Gasteiger partial charge in [0, 0.05) is 24.0 Å². The van der Waals surface area contributed by atoms with Gasteiger partial charge in [-0.25, -0.2) is 0 Å². The minimum atomic E-state index is -0.599. The molecule has 5 nitrogen and oxygen atoms in total. The van der Waals surface area contributed by atoms with Gasteiger partial charge in [0.05, 0.1) is 11.6 Å². The first-order valence-corrected chi connectivity index (χ1v) is 8.76. The van der Waals surface area contributed by atoms with E-state index in [1.54, 1.807) is 0 Å². The molecule has 128 valence electrons. The maximum atomic E-state index is 12.3. The van der Waals surface area contributed by atoms with Crippen molar-refractivity contribution >= 4 is 16.8 Å². The fraction of sp³-hybridized carbons (Fsp3) is 0.300. The number of hydrogen-bond acceptors (Lipinski definition) is 3. The SMILES string of the molecule is NC(Cc1[nH]nc2ccccc12)C(=O)NCc1ccc2c(c1)CCC2. The second-order valence-corrected chi connectivity index (χ2v) is 6.70. The van der Waals surface area contributed by atoms with Gasteiger partial charge in [-0.15, -0.1) is 0 Å². The smallest absolute Gasteiger partial charge is 0.237 e. The monoisotopic (exact) mass is 334 g/mol. The zero-order chi connectivity index (χ0) is 17.2. The van der Waals surface area contributed by atoms with Gasteiger partial charge in [-0.1, -0.05) is 36.4 Å². The number of aromatic amines is 1. The van der Waals surface area contributed by atoms with Crippen LogP contribution < -0.4 is 11.1 Å². The highest BCUT2D eigenvalue weighted by Gasteiger charge is 2.17. The van der Waals surface area contributed by atoms with Crippen LogP contribution in [0.2, 0.25) is 0 Å². The van der Waals surface area contributed by atoms with E-state index in [2.05, 4.69) is 33.7 Å². The maximum absolute atomic E-state index is 12.3. The topological polar surface area (TPSA) is 83.8 Å². The second kappa shape index (κ2) is 6.69. The van der Waals surface area contributed by atoms with Crippen molar-refractivity contribution in [3.8, 4) is 0 Å². The summed E-state index contributed by atoms with van der Waals surface area (Å²) in [7, 11) is 0. The van der Waals surface area contributed by atoms with Gasteiger partial charge >= 0.3 is 0 Å². The van der Waals surface area contributed by atoms with Crippen LogP contribution in [0.5, 0.6) is 0 Å². The van der Waals surface area contributed by atoms with Gasteiger partial charge in [0.15, 0.2) is 0 Å². The summed E-state index contributed by atoms with van der Waals surface area (Å²) in [6.45, 7) is 0.517. The third kappa shape index (κ3) is 3.28. The lowest BCUT2D eigenvalue weighted by molar-refractivity contribution is -0.122. The van der Waals surface area contributed by atoms with E-state index >= 15 is 0 Å². The Morgan fingerprint density at radius 2 is 2.04 bits per heavy atom. The first-order chi connectivity index (χ1) is 12.2. The molecule has 1 atom stereocenters. The normalized spacial score (nSPS) is 14.4. The van der Waals surface area contributed by atoms with E-state index in [-0.39, 0.29) is 5.91 Å². The molecule has 5 heteroatoms. The Kier molecular flexibility index (Phi) is 4.24. The van der Waals surface area contributed by atoms with Crippen LogP contribution in [0, 0.1) is 0 Å². The number of carbonyl (C=O) groups excluding carboxylic acids is 1. The lowest BCUT2D eigenvalue weighted by atomic mass is 10.1. The Morgan fingerprint density at radius 1 is 1.20 bits per heavy atom. The highest BCUT2D eigenvalue weighted by atomic mass is 16.2. The molecule has 0 bridgehead atoms. The highest BCUT2D eigenvalue weighted by Crippen LogP contribution is 2.22. The summed E-state index contributed by atoms with van der Waals surface area (Å²) in [6, 6.07) is 13.7. The number of hydrogen-bond donors (Lipinski definition) is 3. The standard InChI is InChI=1S/C20H22N4O/c21-17(11-19-16-6-1-2-7-18(16)23-24-19)20(25)22-12-13-8-9-14-4-3-5-15(14)10-13/h1-2,6-10,17H,3-5,11-12,21H2,(H,22,25)(H,23,24). The summed E-state index contributed by atoms with van der Waals surface area (Å²) < 4.78 is 0. The summed E-state index contributed by atoms with van der Waals surface area (Å²) in [5.41, 5.74) is 11.9. The highest BCUT2D eigenvalue weighted by molar-refractivity contribution is 5.84. The first-order valence-electron chi connectivity index (χ1n) is 8.76. The number of para-hydroxylation sites is 1. The third-order valence-corrected chi connectivity index (χ3v) is 4.93. The predicted molar refractivity (Wildman–Crippen MR) is 98.1 cm³/mol. The van der Waals surface area contributed by atoms with Crippen LogP contribution in [0.3, 0.4) is 0 Å². The van der Waals surface area contributed by atoms with Crippen LogP contribution in [-0.2, 0) is 30.6 Å². The van der Waals surface area contributed by atoms with E-state index < -0.39 is 6.04 Å². The lowest BCUT2D eigenvalue weighted by Gasteiger charge is -2.12. The van der Waals surface area contributed by atoms with Gasteiger partial charge in [0.1, 0.15) is 0 Å². The van der Waals surface area contributed by atoms with Gasteiger partial charge in [-0.05, 0) is 42.0 Å². The summed E-state index contributed by atoms with van der Waals surface area (Å²) in [6.07, 6.45) is 3.99. The molecule has 1 heterocycles. The number of nitrogens with zero attached hydrogens (tertiary/aromatic N) is 1. The lowest BCUT2D eigenvalue weighted by Crippen LogP contribution is -2.41. The molecule has 0 spiro atoms. The van der Waals surface area contributed by atoms with Crippen molar-refractivity contribution in [3.63, 3.8) is 0 Å². The first kappa shape index (κ1) is 15.8. The summed E-state index contributed by atoms with van der Waals surface area (Å²) in [5.74, 6) is -0.140. The number of benzene rings is 2. The van der Waals surface area contributed by atoms with Crippen molar-refractivity contribution in [1.82, 2.24) is 15.5 Å².